The van der Waals surface area contributed by atoms with E-state index < -0.39 is 5.97 Å². The van der Waals surface area contributed by atoms with Crippen LogP contribution in [0.15, 0.2) is 42.6 Å². The number of carboxylic acid groups (broad SMARTS) is 1. The molecule has 3 rings (SSSR count). The molecule has 0 radical (unpaired) electrons. The summed E-state index contributed by atoms with van der Waals surface area (Å²) in [5.41, 5.74) is 3.36. The van der Waals surface area contributed by atoms with Gasteiger partial charge in [0.2, 0.25) is 0 Å². The molecule has 1 aromatic heterocycles. The highest BCUT2D eigenvalue weighted by atomic mass is 16.4. The second kappa shape index (κ2) is 5.43. The molecule has 1 aromatic carbocycles. The summed E-state index contributed by atoms with van der Waals surface area (Å²) in [4.78, 5) is 15.3. The highest BCUT2D eigenvalue weighted by Gasteiger charge is 2.17. The van der Waals surface area contributed by atoms with Crippen molar-refractivity contribution in [3.8, 4) is 11.1 Å². The summed E-state index contributed by atoms with van der Waals surface area (Å²) in [6.07, 6.45) is 4.19. The predicted molar refractivity (Wildman–Crippen MR) is 76.6 cm³/mol. The molecule has 0 amide bonds. The quantitative estimate of drug-likeness (QED) is 0.898. The molecule has 102 valence electrons. The molecule has 1 atom stereocenters. The molecule has 0 bridgehead atoms. The predicted octanol–water partition coefficient (Wildman–Crippen LogP) is 2.87. The molecule has 20 heavy (non-hydrogen) atoms. The maximum Gasteiger partial charge on any atom is 0.335 e. The van der Waals surface area contributed by atoms with Gasteiger partial charge in [0.25, 0.3) is 0 Å². The van der Waals surface area contributed by atoms with Crippen molar-refractivity contribution in [2.75, 3.05) is 6.54 Å². The van der Waals surface area contributed by atoms with E-state index in [1.165, 1.54) is 6.42 Å². The Morgan fingerprint density at radius 2 is 1.90 bits per heavy atom. The first-order chi connectivity index (χ1) is 9.74. The molecule has 2 aromatic rings. The summed E-state index contributed by atoms with van der Waals surface area (Å²) in [7, 11) is 0. The molecular formula is C16H16N2O2. The molecule has 1 aliphatic rings. The van der Waals surface area contributed by atoms with Crippen molar-refractivity contribution in [2.24, 2.45) is 0 Å². The van der Waals surface area contributed by atoms with E-state index in [0.29, 0.717) is 11.6 Å². The number of pyridine rings is 1. The fourth-order valence-corrected chi connectivity index (χ4v) is 2.52. The van der Waals surface area contributed by atoms with Gasteiger partial charge in [-0.25, -0.2) is 4.79 Å². The number of nitrogens with zero attached hydrogens (tertiary/aromatic N) is 1. The van der Waals surface area contributed by atoms with Crippen molar-refractivity contribution in [1.29, 1.82) is 0 Å². The molecule has 0 spiro atoms. The number of carbonyl (C=O) groups is 1. The third-order valence-corrected chi connectivity index (χ3v) is 3.67. The lowest BCUT2D eigenvalue weighted by molar-refractivity contribution is 0.0697. The van der Waals surface area contributed by atoms with Gasteiger partial charge in [-0.05, 0) is 43.1 Å². The number of benzene rings is 1. The van der Waals surface area contributed by atoms with Crippen molar-refractivity contribution < 1.29 is 9.90 Å². The van der Waals surface area contributed by atoms with Crippen molar-refractivity contribution in [1.82, 2.24) is 10.3 Å². The lowest BCUT2D eigenvalue weighted by Gasteiger charge is -2.10. The van der Waals surface area contributed by atoms with Crippen LogP contribution in [0.25, 0.3) is 11.1 Å². The molecule has 1 fully saturated rings. The number of hydrogen-bond donors (Lipinski definition) is 2. The Balaban J connectivity index is 1.81. The van der Waals surface area contributed by atoms with Crippen LogP contribution in [0.4, 0.5) is 0 Å². The van der Waals surface area contributed by atoms with E-state index in [4.69, 9.17) is 5.11 Å². The highest BCUT2D eigenvalue weighted by Crippen LogP contribution is 2.24. The van der Waals surface area contributed by atoms with Gasteiger partial charge in [-0.2, -0.15) is 0 Å². The average molecular weight is 268 g/mol. The second-order valence-electron chi connectivity index (χ2n) is 5.00. The normalized spacial score (nSPS) is 18.1. The molecule has 4 nitrogen and oxygen atoms in total. The van der Waals surface area contributed by atoms with Crippen LogP contribution in [0.1, 0.15) is 34.9 Å². The minimum Gasteiger partial charge on any atom is -0.478 e. The Morgan fingerprint density at radius 3 is 2.45 bits per heavy atom. The van der Waals surface area contributed by atoms with Gasteiger partial charge in [-0.15, -0.1) is 0 Å². The average Bonchev–Trinajstić information content (AvgIpc) is 3.02. The van der Waals surface area contributed by atoms with E-state index in [2.05, 4.69) is 10.3 Å². The summed E-state index contributed by atoms with van der Waals surface area (Å²) in [6.45, 7) is 1.06. The first-order valence-corrected chi connectivity index (χ1v) is 6.77. The third-order valence-electron chi connectivity index (χ3n) is 3.67. The van der Waals surface area contributed by atoms with Crippen LogP contribution < -0.4 is 5.32 Å². The Bertz CT molecular complexity index is 599. The van der Waals surface area contributed by atoms with Crippen LogP contribution in [-0.4, -0.2) is 22.6 Å². The number of rotatable bonds is 3. The number of nitrogens with one attached hydrogen (secondary N) is 1. The SMILES string of the molecule is O=C(O)c1ccc(-c2ccc([C@H]3CCCN3)nc2)cc1. The first-order valence-electron chi connectivity index (χ1n) is 6.77. The minimum absolute atomic E-state index is 0.300. The van der Waals surface area contributed by atoms with E-state index in [9.17, 15) is 4.79 Å². The second-order valence-corrected chi connectivity index (χ2v) is 5.00. The van der Waals surface area contributed by atoms with Crippen molar-refractivity contribution in [2.45, 2.75) is 18.9 Å². The molecule has 4 heteroatoms. The molecule has 2 heterocycles. The zero-order chi connectivity index (χ0) is 13.9. The summed E-state index contributed by atoms with van der Waals surface area (Å²) in [5, 5.41) is 12.3. The molecule has 2 N–H and O–H groups in total. The first kappa shape index (κ1) is 12.8. The molecule has 0 aliphatic carbocycles. The van der Waals surface area contributed by atoms with Gasteiger partial charge in [0, 0.05) is 17.8 Å². The smallest absolute Gasteiger partial charge is 0.335 e. The molecule has 1 saturated heterocycles. The van der Waals surface area contributed by atoms with E-state index >= 15 is 0 Å². The molecule has 0 saturated carbocycles. The zero-order valence-corrected chi connectivity index (χ0v) is 11.0. The molecule has 0 unspecified atom stereocenters. The third kappa shape index (κ3) is 2.56. The number of hydrogen-bond acceptors (Lipinski definition) is 3. The van der Waals surface area contributed by atoms with Gasteiger partial charge in [0.15, 0.2) is 0 Å². The largest absolute Gasteiger partial charge is 0.478 e. The van der Waals surface area contributed by atoms with E-state index in [-0.39, 0.29) is 0 Å². The van der Waals surface area contributed by atoms with Crippen molar-refractivity contribution in [3.63, 3.8) is 0 Å². The van der Waals surface area contributed by atoms with E-state index in [1.54, 1.807) is 12.1 Å². The maximum absolute atomic E-state index is 10.8. The highest BCUT2D eigenvalue weighted by molar-refractivity contribution is 5.88. The fraction of sp³-hybridized carbons (Fsp3) is 0.250. The lowest BCUT2D eigenvalue weighted by atomic mass is 10.0. The topological polar surface area (TPSA) is 62.2 Å². The lowest BCUT2D eigenvalue weighted by Crippen LogP contribution is -2.13. The van der Waals surface area contributed by atoms with Crippen LogP contribution in [0.3, 0.4) is 0 Å². The molecular weight excluding hydrogens is 252 g/mol. The minimum atomic E-state index is -0.905. The monoisotopic (exact) mass is 268 g/mol. The number of carboxylic acids is 1. The Kier molecular flexibility index (Phi) is 3.48. The molecule has 1 aliphatic heterocycles. The summed E-state index contributed by atoms with van der Waals surface area (Å²) >= 11 is 0. The zero-order valence-electron chi connectivity index (χ0n) is 11.0. The van der Waals surface area contributed by atoms with Crippen molar-refractivity contribution >= 4 is 5.97 Å². The van der Waals surface area contributed by atoms with Crippen LogP contribution >= 0.6 is 0 Å². The number of aromatic carboxylic acids is 1. The van der Waals surface area contributed by atoms with Gasteiger partial charge >= 0.3 is 5.97 Å². The summed E-state index contributed by atoms with van der Waals surface area (Å²) < 4.78 is 0. The standard InChI is InChI=1S/C16H16N2O2/c19-16(20)12-5-3-11(4-6-12)13-7-8-15(18-10-13)14-2-1-9-17-14/h3-8,10,14,17H,1-2,9H2,(H,19,20)/t14-/m1/s1. The summed E-state index contributed by atoms with van der Waals surface area (Å²) in [5.74, 6) is -0.905. The van der Waals surface area contributed by atoms with Crippen LogP contribution in [0, 0.1) is 0 Å². The van der Waals surface area contributed by atoms with Gasteiger partial charge in [0.05, 0.1) is 11.3 Å². The Labute approximate surface area is 117 Å². The van der Waals surface area contributed by atoms with Crippen LogP contribution in [0.2, 0.25) is 0 Å². The number of aromatic nitrogens is 1. The van der Waals surface area contributed by atoms with Crippen LogP contribution in [0.5, 0.6) is 0 Å². The van der Waals surface area contributed by atoms with Gasteiger partial charge in [-0.1, -0.05) is 18.2 Å². The fourth-order valence-electron chi connectivity index (χ4n) is 2.52. The Hall–Kier alpha value is -2.20. The van der Waals surface area contributed by atoms with Crippen LogP contribution in [-0.2, 0) is 0 Å². The van der Waals surface area contributed by atoms with Gasteiger partial charge in [0.1, 0.15) is 0 Å². The van der Waals surface area contributed by atoms with E-state index in [0.717, 1.165) is 29.8 Å². The van der Waals surface area contributed by atoms with Gasteiger partial charge in [-0.3, -0.25) is 4.98 Å². The van der Waals surface area contributed by atoms with E-state index in [1.807, 2.05) is 30.5 Å². The maximum atomic E-state index is 10.8. The van der Waals surface area contributed by atoms with Crippen molar-refractivity contribution in [3.05, 3.63) is 53.9 Å². The summed E-state index contributed by atoms with van der Waals surface area (Å²) in [6, 6.07) is 11.3. The van der Waals surface area contributed by atoms with Gasteiger partial charge < -0.3 is 10.4 Å². The Morgan fingerprint density at radius 1 is 1.15 bits per heavy atom.